The minimum absolute atomic E-state index is 0.141. The molecule has 3 aromatic carbocycles. The summed E-state index contributed by atoms with van der Waals surface area (Å²) in [5.74, 6) is -2.19. The van der Waals surface area contributed by atoms with E-state index in [4.69, 9.17) is 5.11 Å². The summed E-state index contributed by atoms with van der Waals surface area (Å²) in [6.07, 6.45) is -3.99. The fraction of sp³-hybridized carbons (Fsp3) is 0.192. The molecule has 1 atom stereocenters. The van der Waals surface area contributed by atoms with Crippen molar-refractivity contribution in [3.05, 3.63) is 77.9 Å². The lowest BCUT2D eigenvalue weighted by molar-refractivity contribution is -0.274. The van der Waals surface area contributed by atoms with Gasteiger partial charge in [-0.1, -0.05) is 42.5 Å². The Morgan fingerprint density at radius 1 is 0.972 bits per heavy atom. The van der Waals surface area contributed by atoms with Crippen LogP contribution in [0.5, 0.6) is 5.75 Å². The Morgan fingerprint density at radius 3 is 2.36 bits per heavy atom. The predicted molar refractivity (Wildman–Crippen MR) is 126 cm³/mol. The third-order valence-corrected chi connectivity index (χ3v) is 5.76. The highest BCUT2D eigenvalue weighted by Crippen LogP contribution is 2.32. The Kier molecular flexibility index (Phi) is 6.96. The van der Waals surface area contributed by atoms with Crippen LogP contribution in [0.15, 0.2) is 66.7 Å². The first-order valence-electron chi connectivity index (χ1n) is 11.0. The number of ether oxygens (including phenoxy) is 1. The van der Waals surface area contributed by atoms with Crippen LogP contribution in [-0.4, -0.2) is 29.3 Å². The fourth-order valence-corrected chi connectivity index (χ4v) is 4.12. The van der Waals surface area contributed by atoms with Gasteiger partial charge >= 0.3 is 18.4 Å². The van der Waals surface area contributed by atoms with Gasteiger partial charge in [-0.3, -0.25) is 9.59 Å². The number of alkyl halides is 3. The first-order chi connectivity index (χ1) is 17.1. The van der Waals surface area contributed by atoms with Crippen molar-refractivity contribution in [2.45, 2.75) is 25.6 Å². The molecule has 4 rings (SSSR count). The van der Waals surface area contributed by atoms with Gasteiger partial charge in [0.25, 0.3) is 0 Å². The second-order valence-electron chi connectivity index (χ2n) is 8.27. The first-order valence-corrected chi connectivity index (χ1v) is 11.0. The van der Waals surface area contributed by atoms with Gasteiger partial charge < -0.3 is 20.5 Å². The van der Waals surface area contributed by atoms with Crippen molar-refractivity contribution in [3.63, 3.8) is 0 Å². The summed E-state index contributed by atoms with van der Waals surface area (Å²) >= 11 is 0. The number of carbonyl (C=O) groups excluding carboxylic acids is 2. The molecule has 0 aromatic heterocycles. The van der Waals surface area contributed by atoms with Crippen molar-refractivity contribution in [1.82, 2.24) is 0 Å². The number of nitrogens with one attached hydrogen (secondary N) is 2. The van der Waals surface area contributed by atoms with E-state index in [2.05, 4.69) is 15.4 Å². The van der Waals surface area contributed by atoms with Crippen LogP contribution in [0.3, 0.4) is 0 Å². The summed E-state index contributed by atoms with van der Waals surface area (Å²) in [6.45, 7) is 0. The van der Waals surface area contributed by atoms with Crippen LogP contribution in [-0.2, 0) is 11.2 Å². The maximum Gasteiger partial charge on any atom is 0.573 e. The van der Waals surface area contributed by atoms with E-state index in [1.807, 2.05) is 6.07 Å². The third-order valence-electron chi connectivity index (χ3n) is 5.76. The van der Waals surface area contributed by atoms with Crippen LogP contribution in [0, 0.1) is 5.92 Å². The summed E-state index contributed by atoms with van der Waals surface area (Å²) in [6, 6.07) is 16.6. The molecule has 186 valence electrons. The number of rotatable bonds is 6. The standard InChI is InChI=1S/C26H21F3N2O5/c27-26(28,29)36-22-4-2-1-3-21(22)31-25(35)30-19-10-7-15(8-11-19)16-9-12-20-17(13-16)5-6-18(24(20)34)14-23(32)33/h1-4,7-13,18H,5-6,14H2,(H,32,33)(H2,30,31,35). The van der Waals surface area contributed by atoms with Crippen molar-refractivity contribution in [2.75, 3.05) is 10.6 Å². The summed E-state index contributed by atoms with van der Waals surface area (Å²) in [7, 11) is 0. The van der Waals surface area contributed by atoms with Crippen molar-refractivity contribution in [1.29, 1.82) is 0 Å². The number of aliphatic carboxylic acids is 1. The maximum absolute atomic E-state index is 12.6. The number of carboxylic acids is 1. The lowest BCUT2D eigenvalue weighted by Crippen LogP contribution is -2.24. The van der Waals surface area contributed by atoms with E-state index in [1.54, 1.807) is 36.4 Å². The largest absolute Gasteiger partial charge is 0.573 e. The molecule has 1 unspecified atom stereocenters. The number of para-hydroxylation sites is 2. The Bertz CT molecular complexity index is 1310. The van der Waals surface area contributed by atoms with Crippen molar-refractivity contribution in [3.8, 4) is 16.9 Å². The number of Topliss-reactive ketones (excluding diaryl/α,β-unsaturated/α-hetero) is 1. The van der Waals surface area contributed by atoms with Crippen molar-refractivity contribution in [2.24, 2.45) is 5.92 Å². The van der Waals surface area contributed by atoms with Crippen LogP contribution in [0.2, 0.25) is 0 Å². The van der Waals surface area contributed by atoms with Crippen LogP contribution < -0.4 is 15.4 Å². The minimum atomic E-state index is -4.89. The molecule has 1 aliphatic carbocycles. The zero-order chi connectivity index (χ0) is 25.9. The molecule has 3 N–H and O–H groups in total. The number of ketones is 1. The Hall–Kier alpha value is -4.34. The molecule has 10 heteroatoms. The summed E-state index contributed by atoms with van der Waals surface area (Å²) in [4.78, 5) is 35.9. The van der Waals surface area contributed by atoms with Gasteiger partial charge in [0.2, 0.25) is 0 Å². The van der Waals surface area contributed by atoms with E-state index < -0.39 is 30.0 Å². The highest BCUT2D eigenvalue weighted by atomic mass is 19.4. The molecular weight excluding hydrogens is 477 g/mol. The average Bonchev–Trinajstić information content (AvgIpc) is 2.81. The molecule has 7 nitrogen and oxygen atoms in total. The second-order valence-corrected chi connectivity index (χ2v) is 8.27. The zero-order valence-electron chi connectivity index (χ0n) is 18.8. The number of carbonyl (C=O) groups is 3. The number of hydrogen-bond acceptors (Lipinski definition) is 4. The lowest BCUT2D eigenvalue weighted by Gasteiger charge is -2.22. The summed E-state index contributed by atoms with van der Waals surface area (Å²) < 4.78 is 41.6. The quantitative estimate of drug-likeness (QED) is 0.380. The Labute approximate surface area is 203 Å². The Balaban J connectivity index is 1.42. The monoisotopic (exact) mass is 498 g/mol. The molecule has 0 radical (unpaired) electrons. The zero-order valence-corrected chi connectivity index (χ0v) is 18.8. The van der Waals surface area contributed by atoms with Gasteiger partial charge in [-0.25, -0.2) is 4.79 Å². The normalized spacial score (nSPS) is 15.1. The van der Waals surface area contributed by atoms with Crippen molar-refractivity contribution < 1.29 is 37.4 Å². The molecule has 0 spiro atoms. The van der Waals surface area contributed by atoms with Gasteiger partial charge in [0, 0.05) is 17.2 Å². The molecular formula is C26H21F3N2O5. The lowest BCUT2D eigenvalue weighted by atomic mass is 9.80. The summed E-state index contributed by atoms with van der Waals surface area (Å²) in [5, 5.41) is 13.9. The number of hydrogen-bond donors (Lipinski definition) is 3. The van der Waals surface area contributed by atoms with Crippen LogP contribution in [0.1, 0.15) is 28.8 Å². The van der Waals surface area contributed by atoms with E-state index in [0.717, 1.165) is 22.8 Å². The fourth-order valence-electron chi connectivity index (χ4n) is 4.12. The number of amides is 2. The van der Waals surface area contributed by atoms with E-state index in [1.165, 1.54) is 18.2 Å². The summed E-state index contributed by atoms with van der Waals surface area (Å²) in [5.41, 5.74) is 3.36. The van der Waals surface area contributed by atoms with Gasteiger partial charge in [-0.05, 0) is 53.8 Å². The van der Waals surface area contributed by atoms with Crippen molar-refractivity contribution >= 4 is 29.2 Å². The van der Waals surface area contributed by atoms with E-state index in [9.17, 15) is 27.6 Å². The maximum atomic E-state index is 12.6. The molecule has 0 bridgehead atoms. The number of fused-ring (bicyclic) bond motifs is 1. The van der Waals surface area contributed by atoms with Crippen LogP contribution in [0.4, 0.5) is 29.3 Å². The smallest absolute Gasteiger partial charge is 0.481 e. The van der Waals surface area contributed by atoms with Crippen LogP contribution in [0.25, 0.3) is 11.1 Å². The number of carboxylic acid groups (broad SMARTS) is 1. The van der Waals surface area contributed by atoms with Gasteiger partial charge in [0.05, 0.1) is 12.1 Å². The second kappa shape index (κ2) is 10.1. The van der Waals surface area contributed by atoms with E-state index in [0.29, 0.717) is 24.1 Å². The number of urea groups is 1. The van der Waals surface area contributed by atoms with Gasteiger partial charge in [0.1, 0.15) is 0 Å². The molecule has 36 heavy (non-hydrogen) atoms. The number of aryl methyl sites for hydroxylation is 1. The first kappa shape index (κ1) is 24.8. The number of halogens is 3. The number of benzene rings is 3. The van der Waals surface area contributed by atoms with Gasteiger partial charge in [-0.15, -0.1) is 13.2 Å². The average molecular weight is 498 g/mol. The predicted octanol–water partition coefficient (Wildman–Crippen LogP) is 6.12. The van der Waals surface area contributed by atoms with Crippen LogP contribution >= 0.6 is 0 Å². The van der Waals surface area contributed by atoms with Gasteiger partial charge in [-0.2, -0.15) is 0 Å². The molecule has 1 aliphatic rings. The number of anilines is 2. The third kappa shape index (κ3) is 6.01. The molecule has 0 saturated carbocycles. The molecule has 2 amide bonds. The van der Waals surface area contributed by atoms with E-state index >= 15 is 0 Å². The minimum Gasteiger partial charge on any atom is -0.481 e. The highest BCUT2D eigenvalue weighted by molar-refractivity contribution is 6.02. The molecule has 0 saturated heterocycles. The Morgan fingerprint density at radius 2 is 1.67 bits per heavy atom. The molecule has 0 fully saturated rings. The topological polar surface area (TPSA) is 105 Å². The SMILES string of the molecule is O=C(O)CC1CCc2cc(-c3ccc(NC(=O)Nc4ccccc4OC(F)(F)F)cc3)ccc2C1=O. The van der Waals surface area contributed by atoms with Gasteiger partial charge in [0.15, 0.2) is 11.5 Å². The molecule has 0 aliphatic heterocycles. The molecule has 3 aromatic rings. The molecule has 0 heterocycles. The van der Waals surface area contributed by atoms with E-state index in [-0.39, 0.29) is 17.9 Å². The highest BCUT2D eigenvalue weighted by Gasteiger charge is 2.32.